The minimum atomic E-state index is -4.87. The molecule has 0 radical (unpaired) electrons. The molecule has 75 heavy (non-hydrogen) atoms. The maximum absolute atomic E-state index is 15.7. The van der Waals surface area contributed by atoms with Crippen molar-refractivity contribution in [2.24, 2.45) is 0 Å². The molecular formula is C65H48F6N4. The molecule has 11 aromatic rings. The zero-order valence-corrected chi connectivity index (χ0v) is 41.9. The number of aryl methyl sites for hydroxylation is 6. The highest BCUT2D eigenvalue weighted by atomic mass is 19.4. The lowest BCUT2D eigenvalue weighted by Gasteiger charge is -2.24. The summed E-state index contributed by atoms with van der Waals surface area (Å²) in [5, 5.41) is 1.52. The molecule has 0 N–H and O–H groups in total. The van der Waals surface area contributed by atoms with E-state index in [9.17, 15) is 0 Å². The number of rotatable bonds is 8. The number of halogens is 6. The predicted molar refractivity (Wildman–Crippen MR) is 291 cm³/mol. The van der Waals surface area contributed by atoms with Crippen LogP contribution in [-0.2, 0) is 12.4 Å². The first-order valence-corrected chi connectivity index (χ1v) is 24.6. The quantitative estimate of drug-likeness (QED) is 0.143. The average molecular weight is 999 g/mol. The van der Waals surface area contributed by atoms with Crippen LogP contribution in [-0.4, -0.2) is 19.5 Å². The van der Waals surface area contributed by atoms with Gasteiger partial charge in [0.1, 0.15) is 0 Å². The molecule has 4 nitrogen and oxygen atoms in total. The molecule has 0 spiro atoms. The molecule has 0 amide bonds. The molecule has 0 atom stereocenters. The van der Waals surface area contributed by atoms with Crippen molar-refractivity contribution < 1.29 is 26.3 Å². The Morgan fingerprint density at radius 3 is 1.05 bits per heavy atom. The molecule has 2 aromatic heterocycles. The number of alkyl halides is 6. The van der Waals surface area contributed by atoms with Crippen LogP contribution in [0.5, 0.6) is 0 Å². The van der Waals surface area contributed by atoms with E-state index in [-0.39, 0.29) is 51.0 Å². The van der Waals surface area contributed by atoms with E-state index in [1.807, 2.05) is 89.5 Å². The van der Waals surface area contributed by atoms with Gasteiger partial charge in [0.2, 0.25) is 0 Å². The summed E-state index contributed by atoms with van der Waals surface area (Å²) in [6, 6.07) is 52.5. The fourth-order valence-corrected chi connectivity index (χ4v) is 11.1. The molecule has 0 aliphatic heterocycles. The molecule has 0 saturated heterocycles. The highest BCUT2D eigenvalue weighted by Crippen LogP contribution is 2.50. The molecule has 11 rings (SSSR count). The van der Waals surface area contributed by atoms with Gasteiger partial charge in [0, 0.05) is 38.6 Å². The average Bonchev–Trinajstić information content (AvgIpc) is 3.70. The lowest BCUT2D eigenvalue weighted by molar-refractivity contribution is -0.137. The number of fused-ring (bicyclic) bond motifs is 3. The first-order chi connectivity index (χ1) is 35.9. The van der Waals surface area contributed by atoms with Crippen molar-refractivity contribution in [2.45, 2.75) is 53.9 Å². The van der Waals surface area contributed by atoms with Crippen molar-refractivity contribution in [2.75, 3.05) is 0 Å². The Morgan fingerprint density at radius 2 is 0.680 bits per heavy atom. The lowest BCUT2D eigenvalue weighted by Crippen LogP contribution is -2.11. The summed E-state index contributed by atoms with van der Waals surface area (Å²) in [5.41, 5.74) is 10.7. The summed E-state index contributed by atoms with van der Waals surface area (Å²) in [7, 11) is 0. The molecule has 0 aliphatic rings. The largest absolute Gasteiger partial charge is 0.417 e. The van der Waals surface area contributed by atoms with Gasteiger partial charge < -0.3 is 4.57 Å². The highest BCUT2D eigenvalue weighted by Gasteiger charge is 2.37. The van der Waals surface area contributed by atoms with Crippen LogP contribution in [0.3, 0.4) is 0 Å². The Labute approximate surface area is 430 Å². The molecule has 0 saturated carbocycles. The first-order valence-electron chi connectivity index (χ1n) is 24.6. The lowest BCUT2D eigenvalue weighted by atomic mass is 9.88. The van der Waals surface area contributed by atoms with Crippen molar-refractivity contribution >= 4 is 21.8 Å². The van der Waals surface area contributed by atoms with Crippen molar-refractivity contribution in [1.29, 1.82) is 0 Å². The number of hydrogen-bond donors (Lipinski definition) is 0. The summed E-state index contributed by atoms with van der Waals surface area (Å²) in [4.78, 5) is 14.7. The van der Waals surface area contributed by atoms with Crippen LogP contribution < -0.4 is 0 Å². The fraction of sp³-hybridized carbons (Fsp3) is 0.123. The van der Waals surface area contributed by atoms with Gasteiger partial charge in [-0.1, -0.05) is 145 Å². The van der Waals surface area contributed by atoms with Crippen LogP contribution in [0.2, 0.25) is 0 Å². The molecule has 0 fully saturated rings. The minimum Gasteiger partial charge on any atom is -0.308 e. The predicted octanol–water partition coefficient (Wildman–Crippen LogP) is 18.5. The second kappa shape index (κ2) is 18.7. The zero-order chi connectivity index (χ0) is 52.5. The smallest absolute Gasteiger partial charge is 0.308 e. The number of hydrogen-bond acceptors (Lipinski definition) is 3. The topological polar surface area (TPSA) is 43.6 Å². The van der Waals surface area contributed by atoms with E-state index < -0.39 is 23.5 Å². The third-order valence-corrected chi connectivity index (χ3v) is 14.0. The molecule has 0 unspecified atom stereocenters. The third-order valence-electron chi connectivity index (χ3n) is 14.0. The molecule has 0 bridgehead atoms. The zero-order valence-electron chi connectivity index (χ0n) is 41.9. The van der Waals surface area contributed by atoms with E-state index in [1.54, 1.807) is 12.1 Å². The second-order valence-electron chi connectivity index (χ2n) is 19.4. The van der Waals surface area contributed by atoms with Gasteiger partial charge in [-0.2, -0.15) is 26.3 Å². The number of benzene rings is 9. The van der Waals surface area contributed by atoms with E-state index in [0.29, 0.717) is 22.2 Å². The third kappa shape index (κ3) is 8.94. The highest BCUT2D eigenvalue weighted by molar-refractivity contribution is 6.13. The SMILES string of the molecule is Cc1cc(C)c(-c2ccc3c(c2)c2cc(-c4c(C)cc(C)cc4C)ccc2n3-c2c(-c3ccccc3C(F)(F)F)cc(-c3nc(-c4ccccc4)nc(-c4ccccc4)n3)cc2-c2ccccc2C(F)(F)F)c(C)c1. The van der Waals surface area contributed by atoms with Crippen LogP contribution in [0.1, 0.15) is 44.5 Å². The van der Waals surface area contributed by atoms with Crippen LogP contribution in [0.15, 0.2) is 182 Å². The summed E-state index contributed by atoms with van der Waals surface area (Å²) >= 11 is 0. The van der Waals surface area contributed by atoms with E-state index in [4.69, 9.17) is 15.0 Å². The second-order valence-corrected chi connectivity index (χ2v) is 19.4. The Morgan fingerprint density at radius 1 is 0.333 bits per heavy atom. The summed E-state index contributed by atoms with van der Waals surface area (Å²) in [5.74, 6) is 0.588. The van der Waals surface area contributed by atoms with Crippen LogP contribution in [0.25, 0.3) is 106 Å². The van der Waals surface area contributed by atoms with Gasteiger partial charge in [-0.3, -0.25) is 0 Å². The van der Waals surface area contributed by atoms with E-state index in [2.05, 4.69) is 77.9 Å². The molecule has 370 valence electrons. The normalized spacial score (nSPS) is 12.0. The van der Waals surface area contributed by atoms with Crippen molar-refractivity contribution in [3.63, 3.8) is 0 Å². The Balaban J connectivity index is 1.33. The molecule has 10 heteroatoms. The summed E-state index contributed by atoms with van der Waals surface area (Å²) in [6.45, 7) is 12.4. The van der Waals surface area contributed by atoms with Crippen LogP contribution in [0, 0.1) is 41.5 Å². The van der Waals surface area contributed by atoms with Crippen molar-refractivity contribution in [3.05, 3.63) is 226 Å². The van der Waals surface area contributed by atoms with Gasteiger partial charge >= 0.3 is 12.4 Å². The van der Waals surface area contributed by atoms with Crippen LogP contribution >= 0.6 is 0 Å². The fourth-order valence-electron chi connectivity index (χ4n) is 11.1. The van der Waals surface area contributed by atoms with Gasteiger partial charge in [0.25, 0.3) is 0 Å². The Hall–Kier alpha value is -8.63. The van der Waals surface area contributed by atoms with Gasteiger partial charge in [-0.25, -0.2) is 15.0 Å². The Bertz CT molecular complexity index is 3740. The maximum atomic E-state index is 15.7. The van der Waals surface area contributed by atoms with Crippen molar-refractivity contribution in [3.8, 4) is 84.4 Å². The number of nitrogens with zero attached hydrogens (tertiary/aromatic N) is 4. The monoisotopic (exact) mass is 998 g/mol. The minimum absolute atomic E-state index is 0.0118. The van der Waals surface area contributed by atoms with E-state index in [1.165, 1.54) is 36.4 Å². The standard InChI is InChI=1S/C65H48F6N4/c1-37-29-39(3)58(40(4)30-37)45-25-27-56-50(33-45)51-34-46(59-41(5)31-38(2)32-42(59)6)26-28-57(51)75(56)60-52(48-21-13-15-23-54(48)64(66,67)68)35-47(36-53(60)49-22-14-16-24-55(49)65(69,70)71)63-73-61(43-17-9-7-10-18-43)72-62(74-63)44-19-11-8-12-20-44/h7-36H,1-6H3. The maximum Gasteiger partial charge on any atom is 0.417 e. The van der Waals surface area contributed by atoms with Gasteiger partial charge in [0.05, 0.1) is 27.8 Å². The van der Waals surface area contributed by atoms with Crippen molar-refractivity contribution in [1.82, 2.24) is 19.5 Å². The molecule has 9 aromatic carbocycles. The molecule has 2 heterocycles. The van der Waals surface area contributed by atoms with Crippen LogP contribution in [0.4, 0.5) is 26.3 Å². The Kier molecular flexibility index (Phi) is 12.1. The van der Waals surface area contributed by atoms with Gasteiger partial charge in [-0.05, 0) is 146 Å². The van der Waals surface area contributed by atoms with Gasteiger partial charge in [0.15, 0.2) is 17.5 Å². The van der Waals surface area contributed by atoms with E-state index >= 15 is 26.3 Å². The summed E-state index contributed by atoms with van der Waals surface area (Å²) in [6.07, 6.45) is -9.75. The summed E-state index contributed by atoms with van der Waals surface area (Å²) < 4.78 is 95.8. The first kappa shape index (κ1) is 48.6. The van der Waals surface area contributed by atoms with E-state index in [0.717, 1.165) is 78.5 Å². The number of aromatic nitrogens is 4. The molecular weight excluding hydrogens is 951 g/mol. The molecule has 0 aliphatic carbocycles. The van der Waals surface area contributed by atoms with Gasteiger partial charge in [-0.15, -0.1) is 0 Å².